The van der Waals surface area contributed by atoms with Gasteiger partial charge in [0.25, 0.3) is 10.0 Å². The molecule has 2 heterocycles. The second-order valence-electron chi connectivity index (χ2n) is 6.09. The van der Waals surface area contributed by atoms with Gasteiger partial charge < -0.3 is 5.32 Å². The zero-order chi connectivity index (χ0) is 18.7. The Morgan fingerprint density at radius 1 is 1.31 bits per heavy atom. The highest BCUT2D eigenvalue weighted by Gasteiger charge is 2.33. The number of hydrogen-bond donors (Lipinski definition) is 1. The summed E-state index contributed by atoms with van der Waals surface area (Å²) < 4.78 is 27.0. The smallest absolute Gasteiger partial charge is 0.252 e. The van der Waals surface area contributed by atoms with Gasteiger partial charge >= 0.3 is 0 Å². The summed E-state index contributed by atoms with van der Waals surface area (Å²) in [5.74, 6) is -0.536. The maximum absolute atomic E-state index is 12.6. The second-order valence-corrected chi connectivity index (χ2v) is 10.0. The van der Waals surface area contributed by atoms with Crippen LogP contribution in [0, 0.1) is 5.92 Å². The zero-order valence-corrected chi connectivity index (χ0v) is 17.0. The van der Waals surface area contributed by atoms with Crippen molar-refractivity contribution in [3.63, 3.8) is 0 Å². The lowest BCUT2D eigenvalue weighted by Crippen LogP contribution is -2.45. The average Bonchev–Trinajstić information content (AvgIpc) is 3.16. The van der Waals surface area contributed by atoms with E-state index in [1.165, 1.54) is 15.6 Å². The van der Waals surface area contributed by atoms with E-state index in [0.29, 0.717) is 33.6 Å². The van der Waals surface area contributed by atoms with Gasteiger partial charge in [-0.05, 0) is 42.0 Å². The lowest BCUT2D eigenvalue weighted by Gasteiger charge is -2.30. The van der Waals surface area contributed by atoms with Crippen LogP contribution in [0.4, 0.5) is 0 Å². The van der Waals surface area contributed by atoms with Crippen molar-refractivity contribution < 1.29 is 13.2 Å². The molecule has 1 aliphatic heterocycles. The summed E-state index contributed by atoms with van der Waals surface area (Å²) in [6.45, 7) is 0.913. The number of halogens is 2. The molecule has 0 saturated carbocycles. The van der Waals surface area contributed by atoms with Crippen molar-refractivity contribution in [2.75, 3.05) is 13.1 Å². The van der Waals surface area contributed by atoms with E-state index in [-0.39, 0.29) is 24.9 Å². The minimum Gasteiger partial charge on any atom is -0.352 e. The first kappa shape index (κ1) is 19.6. The van der Waals surface area contributed by atoms with Crippen molar-refractivity contribution in [1.82, 2.24) is 9.62 Å². The number of sulfonamides is 1. The van der Waals surface area contributed by atoms with Crippen LogP contribution in [0.5, 0.6) is 0 Å². The minimum absolute atomic E-state index is 0.165. The number of nitrogens with one attached hydrogen (secondary N) is 1. The molecule has 0 aliphatic carbocycles. The van der Waals surface area contributed by atoms with Crippen LogP contribution in [-0.2, 0) is 21.4 Å². The van der Waals surface area contributed by atoms with Crippen LogP contribution >= 0.6 is 34.5 Å². The van der Waals surface area contributed by atoms with E-state index in [1.54, 1.807) is 35.7 Å². The number of benzene rings is 1. The SMILES string of the molecule is O=C(NCc1ccc(Cl)cc1Cl)[C@@H]1CCCN(S(=O)(=O)c2cccs2)C1. The number of amides is 1. The summed E-state index contributed by atoms with van der Waals surface area (Å²) in [6.07, 6.45) is 1.32. The van der Waals surface area contributed by atoms with E-state index in [0.717, 1.165) is 5.56 Å². The molecule has 140 valence electrons. The van der Waals surface area contributed by atoms with E-state index in [9.17, 15) is 13.2 Å². The zero-order valence-electron chi connectivity index (χ0n) is 13.8. The van der Waals surface area contributed by atoms with Crippen molar-refractivity contribution >= 4 is 50.5 Å². The highest BCUT2D eigenvalue weighted by atomic mass is 35.5. The summed E-state index contributed by atoms with van der Waals surface area (Å²) in [7, 11) is -3.53. The first-order valence-electron chi connectivity index (χ1n) is 8.13. The maximum Gasteiger partial charge on any atom is 0.252 e. The van der Waals surface area contributed by atoms with Gasteiger partial charge in [-0.3, -0.25) is 4.79 Å². The predicted molar refractivity (Wildman–Crippen MR) is 104 cm³/mol. The van der Waals surface area contributed by atoms with Gasteiger partial charge in [0.2, 0.25) is 5.91 Å². The Morgan fingerprint density at radius 2 is 2.12 bits per heavy atom. The third-order valence-corrected chi connectivity index (χ3v) is 8.14. The highest BCUT2D eigenvalue weighted by molar-refractivity contribution is 7.91. The van der Waals surface area contributed by atoms with Crippen LogP contribution < -0.4 is 5.32 Å². The number of rotatable bonds is 5. The molecule has 1 saturated heterocycles. The quantitative estimate of drug-likeness (QED) is 0.781. The molecule has 1 fully saturated rings. The summed E-state index contributed by atoms with van der Waals surface area (Å²) in [6, 6.07) is 8.40. The van der Waals surface area contributed by atoms with E-state index in [2.05, 4.69) is 5.32 Å². The lowest BCUT2D eigenvalue weighted by atomic mass is 9.99. The fourth-order valence-electron chi connectivity index (χ4n) is 2.90. The van der Waals surface area contributed by atoms with Crippen LogP contribution in [0.15, 0.2) is 39.9 Å². The molecule has 26 heavy (non-hydrogen) atoms. The molecule has 0 spiro atoms. The second kappa shape index (κ2) is 8.27. The van der Waals surface area contributed by atoms with E-state index in [4.69, 9.17) is 23.2 Å². The predicted octanol–water partition coefficient (Wildman–Crippen LogP) is 3.77. The number of nitrogens with zero attached hydrogens (tertiary/aromatic N) is 1. The first-order chi connectivity index (χ1) is 12.4. The van der Waals surface area contributed by atoms with Gasteiger partial charge in [0.05, 0.1) is 5.92 Å². The van der Waals surface area contributed by atoms with Crippen molar-refractivity contribution in [2.24, 2.45) is 5.92 Å². The molecule has 1 N–H and O–H groups in total. The fourth-order valence-corrected chi connectivity index (χ4v) is 6.05. The molecular weight excluding hydrogens is 415 g/mol. The minimum atomic E-state index is -3.53. The molecule has 1 aromatic heterocycles. The summed E-state index contributed by atoms with van der Waals surface area (Å²) in [5, 5.41) is 5.61. The van der Waals surface area contributed by atoms with Crippen LogP contribution in [0.2, 0.25) is 10.0 Å². The molecule has 1 aromatic carbocycles. The molecule has 1 amide bonds. The normalized spacial score (nSPS) is 18.6. The topological polar surface area (TPSA) is 66.5 Å². The van der Waals surface area contributed by atoms with Gasteiger partial charge in [0, 0.05) is 29.7 Å². The molecular formula is C17H18Cl2N2O3S2. The third-order valence-electron chi connectivity index (χ3n) is 4.31. The molecule has 1 aliphatic rings. The summed E-state index contributed by atoms with van der Waals surface area (Å²) in [5.41, 5.74) is 0.767. The van der Waals surface area contributed by atoms with Gasteiger partial charge in [-0.25, -0.2) is 8.42 Å². The molecule has 0 bridgehead atoms. The molecule has 5 nitrogen and oxygen atoms in total. The number of carbonyl (C=O) groups is 1. The molecule has 9 heteroatoms. The van der Waals surface area contributed by atoms with Gasteiger partial charge in [-0.1, -0.05) is 35.3 Å². The van der Waals surface area contributed by atoms with Gasteiger partial charge in [-0.2, -0.15) is 4.31 Å². The monoisotopic (exact) mass is 432 g/mol. The van der Waals surface area contributed by atoms with Crippen molar-refractivity contribution in [2.45, 2.75) is 23.6 Å². The molecule has 0 unspecified atom stereocenters. The Hall–Kier alpha value is -1.12. The highest BCUT2D eigenvalue weighted by Crippen LogP contribution is 2.27. The molecule has 0 radical (unpaired) electrons. The van der Waals surface area contributed by atoms with Crippen LogP contribution in [0.25, 0.3) is 0 Å². The van der Waals surface area contributed by atoms with Gasteiger partial charge in [0.1, 0.15) is 4.21 Å². The van der Waals surface area contributed by atoms with E-state index in [1.807, 2.05) is 0 Å². The first-order valence-corrected chi connectivity index (χ1v) is 11.2. The van der Waals surface area contributed by atoms with E-state index >= 15 is 0 Å². The number of piperidine rings is 1. The summed E-state index contributed by atoms with van der Waals surface area (Å²) in [4.78, 5) is 12.5. The van der Waals surface area contributed by atoms with Crippen molar-refractivity contribution in [3.8, 4) is 0 Å². The fraction of sp³-hybridized carbons (Fsp3) is 0.353. The third kappa shape index (κ3) is 4.40. The van der Waals surface area contributed by atoms with Gasteiger partial charge in [-0.15, -0.1) is 11.3 Å². The van der Waals surface area contributed by atoms with Crippen molar-refractivity contribution in [3.05, 3.63) is 51.3 Å². The van der Waals surface area contributed by atoms with Crippen LogP contribution in [-0.4, -0.2) is 31.7 Å². The standard InChI is InChI=1S/C17H18Cl2N2O3S2/c18-14-6-5-12(15(19)9-14)10-20-17(22)13-3-1-7-21(11-13)26(23,24)16-4-2-8-25-16/h2,4-6,8-9,13H,1,3,7,10-11H2,(H,20,22)/t13-/m1/s1. The Morgan fingerprint density at radius 3 is 2.81 bits per heavy atom. The average molecular weight is 433 g/mol. The molecule has 1 atom stereocenters. The van der Waals surface area contributed by atoms with Crippen LogP contribution in [0.1, 0.15) is 18.4 Å². The molecule has 3 rings (SSSR count). The maximum atomic E-state index is 12.6. The Labute approximate surface area is 167 Å². The Bertz CT molecular complexity index is 885. The Kier molecular flexibility index (Phi) is 6.25. The Balaban J connectivity index is 1.63. The lowest BCUT2D eigenvalue weighted by molar-refractivity contribution is -0.126. The number of thiophene rings is 1. The van der Waals surface area contributed by atoms with Crippen LogP contribution in [0.3, 0.4) is 0 Å². The van der Waals surface area contributed by atoms with Gasteiger partial charge in [0.15, 0.2) is 0 Å². The largest absolute Gasteiger partial charge is 0.352 e. The number of carbonyl (C=O) groups excluding carboxylic acids is 1. The molecule has 2 aromatic rings. The number of hydrogen-bond acceptors (Lipinski definition) is 4. The summed E-state index contributed by atoms with van der Waals surface area (Å²) >= 11 is 13.2. The van der Waals surface area contributed by atoms with Crippen molar-refractivity contribution in [1.29, 1.82) is 0 Å². The van der Waals surface area contributed by atoms with E-state index < -0.39 is 10.0 Å².